The summed E-state index contributed by atoms with van der Waals surface area (Å²) >= 11 is 0. The fourth-order valence-corrected chi connectivity index (χ4v) is 1.62. The Morgan fingerprint density at radius 3 is 2.76 bits per heavy atom. The maximum Gasteiger partial charge on any atom is 0.251 e. The lowest BCUT2D eigenvalue weighted by atomic mass is 10.0. The Balaban J connectivity index is 2.67. The van der Waals surface area contributed by atoms with Gasteiger partial charge in [-0.15, -0.1) is 0 Å². The summed E-state index contributed by atoms with van der Waals surface area (Å²) in [4.78, 5) is 12.0. The molecule has 0 aliphatic carbocycles. The maximum absolute atomic E-state index is 12.0. The number of rotatable bonds is 6. The Morgan fingerprint density at radius 2 is 2.12 bits per heavy atom. The monoisotopic (exact) mass is 234 g/mol. The SMILES string of the molecule is CCC(C)CNC(=O)c1ccccc1CCN. The standard InChI is InChI=1S/C14H22N2O/c1-3-11(2)10-16-14(17)13-7-5-4-6-12(13)8-9-15/h4-7,11H,3,8-10,15H2,1-2H3,(H,16,17). The summed E-state index contributed by atoms with van der Waals surface area (Å²) in [5, 5.41) is 2.97. The fraction of sp³-hybridized carbons (Fsp3) is 0.500. The zero-order valence-electron chi connectivity index (χ0n) is 10.7. The molecule has 0 aliphatic rings. The second-order valence-electron chi connectivity index (χ2n) is 4.42. The van der Waals surface area contributed by atoms with Gasteiger partial charge in [0.15, 0.2) is 0 Å². The number of benzene rings is 1. The van der Waals surface area contributed by atoms with Crippen LogP contribution in [0.25, 0.3) is 0 Å². The van der Waals surface area contributed by atoms with E-state index in [4.69, 9.17) is 5.73 Å². The Kier molecular flexibility index (Phi) is 5.70. The molecule has 0 radical (unpaired) electrons. The number of nitrogens with one attached hydrogen (secondary N) is 1. The molecule has 1 aromatic rings. The first kappa shape index (κ1) is 13.7. The second-order valence-corrected chi connectivity index (χ2v) is 4.42. The molecule has 1 aromatic carbocycles. The molecular weight excluding hydrogens is 212 g/mol. The highest BCUT2D eigenvalue weighted by atomic mass is 16.1. The third-order valence-corrected chi connectivity index (χ3v) is 2.98. The minimum absolute atomic E-state index is 0.00866. The van der Waals surface area contributed by atoms with Crippen molar-refractivity contribution in [3.8, 4) is 0 Å². The number of nitrogens with two attached hydrogens (primary N) is 1. The van der Waals surface area contributed by atoms with E-state index in [1.54, 1.807) is 0 Å². The van der Waals surface area contributed by atoms with Crippen LogP contribution in [0.5, 0.6) is 0 Å². The summed E-state index contributed by atoms with van der Waals surface area (Å²) in [5.41, 5.74) is 7.32. The summed E-state index contributed by atoms with van der Waals surface area (Å²) < 4.78 is 0. The molecule has 3 nitrogen and oxygen atoms in total. The predicted octanol–water partition coefficient (Wildman–Crippen LogP) is 1.96. The third kappa shape index (κ3) is 4.19. The minimum Gasteiger partial charge on any atom is -0.352 e. The molecule has 3 N–H and O–H groups in total. The molecule has 94 valence electrons. The molecule has 0 fully saturated rings. The summed E-state index contributed by atoms with van der Waals surface area (Å²) in [6.07, 6.45) is 1.82. The van der Waals surface area contributed by atoms with Crippen molar-refractivity contribution in [2.45, 2.75) is 26.7 Å². The van der Waals surface area contributed by atoms with Gasteiger partial charge in [0.2, 0.25) is 0 Å². The van der Waals surface area contributed by atoms with Crippen LogP contribution < -0.4 is 11.1 Å². The number of hydrogen-bond acceptors (Lipinski definition) is 2. The van der Waals surface area contributed by atoms with Gasteiger partial charge in [0.1, 0.15) is 0 Å². The number of carbonyl (C=O) groups is 1. The van der Waals surface area contributed by atoms with Crippen molar-refractivity contribution in [3.05, 3.63) is 35.4 Å². The summed E-state index contributed by atoms with van der Waals surface area (Å²) in [6.45, 7) is 5.55. The van der Waals surface area contributed by atoms with Crippen LogP contribution in [0.3, 0.4) is 0 Å². The molecule has 3 heteroatoms. The molecular formula is C14H22N2O. The van der Waals surface area contributed by atoms with E-state index < -0.39 is 0 Å². The van der Waals surface area contributed by atoms with E-state index in [1.165, 1.54) is 0 Å². The van der Waals surface area contributed by atoms with Gasteiger partial charge in [-0.25, -0.2) is 0 Å². The van der Waals surface area contributed by atoms with Gasteiger partial charge in [-0.1, -0.05) is 38.5 Å². The first-order valence-electron chi connectivity index (χ1n) is 6.25. The summed E-state index contributed by atoms with van der Waals surface area (Å²) in [6, 6.07) is 7.65. The molecule has 0 spiro atoms. The van der Waals surface area contributed by atoms with E-state index in [-0.39, 0.29) is 5.91 Å². The maximum atomic E-state index is 12.0. The van der Waals surface area contributed by atoms with Gasteiger partial charge < -0.3 is 11.1 Å². The van der Waals surface area contributed by atoms with Crippen molar-refractivity contribution >= 4 is 5.91 Å². The summed E-state index contributed by atoms with van der Waals surface area (Å²) in [7, 11) is 0. The van der Waals surface area contributed by atoms with E-state index in [9.17, 15) is 4.79 Å². The average molecular weight is 234 g/mol. The lowest BCUT2D eigenvalue weighted by molar-refractivity contribution is 0.0947. The Labute approximate surface area is 103 Å². The third-order valence-electron chi connectivity index (χ3n) is 2.98. The van der Waals surface area contributed by atoms with Gasteiger partial charge in [-0.2, -0.15) is 0 Å². The molecule has 1 atom stereocenters. The number of hydrogen-bond donors (Lipinski definition) is 2. The van der Waals surface area contributed by atoms with Gasteiger partial charge in [0, 0.05) is 12.1 Å². The largest absolute Gasteiger partial charge is 0.352 e. The highest BCUT2D eigenvalue weighted by molar-refractivity contribution is 5.95. The van der Waals surface area contributed by atoms with Crippen molar-refractivity contribution in [2.24, 2.45) is 11.7 Å². The van der Waals surface area contributed by atoms with Gasteiger partial charge in [0.05, 0.1) is 0 Å². The van der Waals surface area contributed by atoms with Crippen LogP contribution in [-0.2, 0) is 6.42 Å². The van der Waals surface area contributed by atoms with Crippen molar-refractivity contribution in [1.29, 1.82) is 0 Å². The fourth-order valence-electron chi connectivity index (χ4n) is 1.62. The van der Waals surface area contributed by atoms with Gasteiger partial charge >= 0.3 is 0 Å². The zero-order valence-corrected chi connectivity index (χ0v) is 10.7. The van der Waals surface area contributed by atoms with Crippen LogP contribution in [-0.4, -0.2) is 19.0 Å². The van der Waals surface area contributed by atoms with E-state index in [2.05, 4.69) is 19.2 Å². The van der Waals surface area contributed by atoms with Crippen LogP contribution in [0.2, 0.25) is 0 Å². The molecule has 0 aliphatic heterocycles. The molecule has 0 bridgehead atoms. The normalized spacial score (nSPS) is 12.2. The van der Waals surface area contributed by atoms with Crippen LogP contribution in [0.15, 0.2) is 24.3 Å². The van der Waals surface area contributed by atoms with Crippen LogP contribution in [0, 0.1) is 5.92 Å². The first-order valence-corrected chi connectivity index (χ1v) is 6.25. The lowest BCUT2D eigenvalue weighted by Crippen LogP contribution is -2.29. The van der Waals surface area contributed by atoms with E-state index >= 15 is 0 Å². The van der Waals surface area contributed by atoms with Crippen molar-refractivity contribution in [1.82, 2.24) is 5.32 Å². The molecule has 0 heterocycles. The van der Waals surface area contributed by atoms with Crippen LogP contribution in [0.4, 0.5) is 0 Å². The number of carbonyl (C=O) groups excluding carboxylic acids is 1. The Bertz CT molecular complexity index is 363. The molecule has 17 heavy (non-hydrogen) atoms. The highest BCUT2D eigenvalue weighted by Crippen LogP contribution is 2.09. The quantitative estimate of drug-likeness (QED) is 0.790. The summed E-state index contributed by atoms with van der Waals surface area (Å²) in [5.74, 6) is 0.523. The van der Waals surface area contributed by atoms with Gasteiger partial charge in [0.25, 0.3) is 5.91 Å². The molecule has 0 saturated heterocycles. The number of amides is 1. The predicted molar refractivity (Wildman–Crippen MR) is 71.0 cm³/mol. The molecule has 1 unspecified atom stereocenters. The molecule has 1 amide bonds. The second kappa shape index (κ2) is 7.07. The smallest absolute Gasteiger partial charge is 0.251 e. The minimum atomic E-state index is 0.00866. The Hall–Kier alpha value is -1.35. The van der Waals surface area contributed by atoms with E-state index in [0.717, 1.165) is 30.5 Å². The van der Waals surface area contributed by atoms with Gasteiger partial charge in [-0.05, 0) is 30.5 Å². The van der Waals surface area contributed by atoms with E-state index in [1.807, 2.05) is 24.3 Å². The average Bonchev–Trinajstić information content (AvgIpc) is 2.36. The lowest BCUT2D eigenvalue weighted by Gasteiger charge is -2.12. The van der Waals surface area contributed by atoms with Crippen molar-refractivity contribution < 1.29 is 4.79 Å². The topological polar surface area (TPSA) is 55.1 Å². The van der Waals surface area contributed by atoms with Crippen LogP contribution in [0.1, 0.15) is 36.2 Å². The van der Waals surface area contributed by atoms with Crippen molar-refractivity contribution in [3.63, 3.8) is 0 Å². The first-order chi connectivity index (χ1) is 8.19. The van der Waals surface area contributed by atoms with Crippen LogP contribution >= 0.6 is 0 Å². The zero-order chi connectivity index (χ0) is 12.7. The molecule has 1 rings (SSSR count). The van der Waals surface area contributed by atoms with Crippen molar-refractivity contribution in [2.75, 3.05) is 13.1 Å². The van der Waals surface area contributed by atoms with E-state index in [0.29, 0.717) is 12.5 Å². The highest BCUT2D eigenvalue weighted by Gasteiger charge is 2.10. The Morgan fingerprint density at radius 1 is 1.41 bits per heavy atom. The van der Waals surface area contributed by atoms with Gasteiger partial charge in [-0.3, -0.25) is 4.79 Å². The molecule has 0 saturated carbocycles. The molecule has 0 aromatic heterocycles.